The molecule has 0 radical (unpaired) electrons. The number of furan rings is 3. The number of rotatable bonds is 13. The molecule has 137 heavy (non-hydrogen) atoms. The molecule has 0 aliphatic carbocycles. The molecule has 0 saturated heterocycles. The van der Waals surface area contributed by atoms with Gasteiger partial charge >= 0.3 is 0 Å². The van der Waals surface area contributed by atoms with Crippen LogP contribution in [-0.4, -0.2) is 44.9 Å². The van der Waals surface area contributed by atoms with Crippen LogP contribution in [0, 0.1) is 0 Å². The van der Waals surface area contributed by atoms with Gasteiger partial charge in [-0.25, -0.2) is 44.9 Å². The third-order valence-electron chi connectivity index (χ3n) is 25.8. The molecule has 12 heteroatoms. The maximum absolute atomic E-state index is 6.27. The normalized spacial score (nSPS) is 11.5. The first-order valence-electron chi connectivity index (χ1n) is 45.8. The van der Waals surface area contributed by atoms with E-state index < -0.39 is 0 Å². The van der Waals surface area contributed by atoms with Gasteiger partial charge < -0.3 is 13.3 Å². The minimum absolute atomic E-state index is 0.628. The average Bonchev–Trinajstić information content (AvgIpc) is 1.65. The number of hydrogen-bond acceptors (Lipinski definition) is 12. The average molecular weight is 1750 g/mol. The van der Waals surface area contributed by atoms with E-state index in [-0.39, 0.29) is 0 Å². The first-order chi connectivity index (χ1) is 67.8. The van der Waals surface area contributed by atoms with Crippen LogP contribution in [0.3, 0.4) is 0 Å². The molecule has 27 rings (SSSR count). The lowest BCUT2D eigenvalue weighted by molar-refractivity contribution is 0.668. The lowest BCUT2D eigenvalue weighted by atomic mass is 9.93. The fourth-order valence-electron chi connectivity index (χ4n) is 19.1. The first kappa shape index (κ1) is 80.4. The maximum Gasteiger partial charge on any atom is 0.164 e. The van der Waals surface area contributed by atoms with Crippen molar-refractivity contribution >= 4 is 120 Å². The number of aromatic nitrogens is 9. The van der Waals surface area contributed by atoms with Crippen LogP contribution in [0.15, 0.2) is 480 Å². The van der Waals surface area contributed by atoms with Crippen molar-refractivity contribution in [3.63, 3.8) is 0 Å². The first-order valence-corrected chi connectivity index (χ1v) is 45.8. The van der Waals surface area contributed by atoms with Crippen molar-refractivity contribution < 1.29 is 13.3 Å². The highest BCUT2D eigenvalue weighted by molar-refractivity contribution is 6.17. The Morgan fingerprint density at radius 1 is 0.117 bits per heavy atom. The van der Waals surface area contributed by atoms with Crippen LogP contribution in [0.4, 0.5) is 0 Å². The summed E-state index contributed by atoms with van der Waals surface area (Å²) in [5.41, 5.74) is 22.9. The quantitative estimate of drug-likeness (QED) is 0.108. The SMILES string of the molecule is c1ccc(-c2ccc(-c3nc(-c4ccccc4)nc(-c4cccc5cc(-c6cccc7oc8ccccc8c67)ccc45)n3)cc2)cc1.c1ccc(-c2nc(-c3ccccc3)nc(-c3cccc4cc(-c5cccc6oc7ccccc7c56)ccc34)n2)cc1.c1ccc2cc(-c3nc(-c4ccc5ccccc5c4)nc(-c4cc(-c5cccc6oc7ccccc7c56)cc5ccccc45)n3)ccc2c1. The molecular weight excluding hydrogens is 1680 g/mol. The molecular formula is C125H77N9O3. The van der Waals surface area contributed by atoms with E-state index in [0.717, 1.165) is 198 Å². The summed E-state index contributed by atoms with van der Waals surface area (Å²) in [6.07, 6.45) is 0. The largest absolute Gasteiger partial charge is 0.456 e. The number of fused-ring (bicyclic) bond motifs is 14. The molecule has 0 unspecified atom stereocenters. The van der Waals surface area contributed by atoms with E-state index in [2.05, 4.69) is 315 Å². The highest BCUT2D eigenvalue weighted by atomic mass is 16.3. The monoisotopic (exact) mass is 1750 g/mol. The number of hydrogen-bond donors (Lipinski definition) is 0. The molecule has 0 saturated carbocycles. The molecule has 0 aliphatic heterocycles. The Morgan fingerprint density at radius 3 is 0.766 bits per heavy atom. The summed E-state index contributed by atoms with van der Waals surface area (Å²) < 4.78 is 18.6. The van der Waals surface area contributed by atoms with Crippen LogP contribution in [0.25, 0.3) is 267 Å². The Balaban J connectivity index is 0.000000110. The van der Waals surface area contributed by atoms with E-state index >= 15 is 0 Å². The number of benzene rings is 21. The van der Waals surface area contributed by atoms with Gasteiger partial charge in [0.2, 0.25) is 0 Å². The molecule has 6 aromatic heterocycles. The van der Waals surface area contributed by atoms with Crippen LogP contribution >= 0.6 is 0 Å². The molecule has 12 nitrogen and oxygen atoms in total. The minimum Gasteiger partial charge on any atom is -0.456 e. The summed E-state index contributed by atoms with van der Waals surface area (Å²) in [5, 5.41) is 17.9. The van der Waals surface area contributed by atoms with Crippen molar-refractivity contribution in [2.45, 2.75) is 0 Å². The molecule has 0 fully saturated rings. The molecule has 0 spiro atoms. The molecule has 6 heterocycles. The van der Waals surface area contributed by atoms with E-state index in [1.54, 1.807) is 0 Å². The van der Waals surface area contributed by atoms with Crippen molar-refractivity contribution in [2.24, 2.45) is 0 Å². The molecule has 0 aliphatic rings. The van der Waals surface area contributed by atoms with Gasteiger partial charge in [-0.1, -0.05) is 394 Å². The van der Waals surface area contributed by atoms with Gasteiger partial charge in [0.05, 0.1) is 0 Å². The smallest absolute Gasteiger partial charge is 0.164 e. The van der Waals surface area contributed by atoms with E-state index in [0.29, 0.717) is 52.4 Å². The second-order valence-corrected chi connectivity index (χ2v) is 34.1. The van der Waals surface area contributed by atoms with Crippen molar-refractivity contribution in [1.29, 1.82) is 0 Å². The Bertz CT molecular complexity index is 9210. The summed E-state index contributed by atoms with van der Waals surface area (Å²) in [5.74, 6) is 5.78. The van der Waals surface area contributed by atoms with Gasteiger partial charge in [-0.2, -0.15) is 0 Å². The molecule has 21 aromatic carbocycles. The van der Waals surface area contributed by atoms with Crippen LogP contribution in [-0.2, 0) is 0 Å². The van der Waals surface area contributed by atoms with E-state index in [1.807, 2.05) is 152 Å². The van der Waals surface area contributed by atoms with Crippen molar-refractivity contribution in [3.05, 3.63) is 467 Å². The highest BCUT2D eigenvalue weighted by Gasteiger charge is 2.24. The van der Waals surface area contributed by atoms with Gasteiger partial charge in [0.25, 0.3) is 0 Å². The predicted molar refractivity (Wildman–Crippen MR) is 560 cm³/mol. The molecule has 27 aromatic rings. The van der Waals surface area contributed by atoms with Crippen LogP contribution < -0.4 is 0 Å². The topological polar surface area (TPSA) is 155 Å². The van der Waals surface area contributed by atoms with Crippen LogP contribution in [0.2, 0.25) is 0 Å². The molecule has 0 bridgehead atoms. The van der Waals surface area contributed by atoms with Gasteiger partial charge in [-0.3, -0.25) is 0 Å². The van der Waals surface area contributed by atoms with Crippen molar-refractivity contribution in [2.75, 3.05) is 0 Å². The van der Waals surface area contributed by atoms with Crippen molar-refractivity contribution in [1.82, 2.24) is 44.9 Å². The Morgan fingerprint density at radius 2 is 0.358 bits per heavy atom. The van der Waals surface area contributed by atoms with E-state index in [9.17, 15) is 0 Å². The Kier molecular flexibility index (Phi) is 20.3. The lowest BCUT2D eigenvalue weighted by Gasteiger charge is -2.13. The van der Waals surface area contributed by atoms with Crippen LogP contribution in [0.1, 0.15) is 0 Å². The fraction of sp³-hybridized carbons (Fsp3) is 0. The van der Waals surface area contributed by atoms with Gasteiger partial charge in [0.15, 0.2) is 52.4 Å². The van der Waals surface area contributed by atoms with Crippen molar-refractivity contribution in [3.8, 4) is 147 Å². The second-order valence-electron chi connectivity index (χ2n) is 34.1. The Hall–Kier alpha value is -18.7. The van der Waals surface area contributed by atoms with E-state index in [4.69, 9.17) is 58.1 Å². The zero-order valence-electron chi connectivity index (χ0n) is 73.7. The molecule has 0 amide bonds. The third-order valence-corrected chi connectivity index (χ3v) is 25.8. The number of nitrogens with zero attached hydrogens (tertiary/aromatic N) is 9. The molecule has 640 valence electrons. The summed E-state index contributed by atoms with van der Waals surface area (Å²) in [6.45, 7) is 0. The van der Waals surface area contributed by atoms with Gasteiger partial charge in [-0.05, 0) is 171 Å². The predicted octanol–water partition coefficient (Wildman–Crippen LogP) is 32.8. The standard InChI is InChI=1S/C45H27N3O.C43H27N3O.C37H23N3O/c1-3-12-30-24-33(22-20-28(30)10-1)43-46-44(34-23-21-29-11-2-4-13-31(29)25-34)48-45(47-43)39-27-35(26-32-14-5-6-15-36(32)39)37-17-9-19-41-42(37)38-16-7-8-18-40(38)49-41;1-3-11-28(12-4-1)29-21-23-31(24-22-29)42-44-41(30-13-5-2-6-14-30)45-43(46-42)36-18-9-15-32-27-33(25-26-34(32)36)35-17-10-20-39-40(35)37-16-7-8-19-38(37)47-39;1-3-11-24(12-4-1)35-38-36(25-13-5-2-6-14-25)40-37(39-35)30-18-9-15-26-23-27(21-22-28(26)30)29-17-10-20-33-34(29)31-16-7-8-19-32(31)41-33/h1-27H;1-27H;1-23H. The second kappa shape index (κ2) is 34.6. The van der Waals surface area contributed by atoms with Gasteiger partial charge in [0.1, 0.15) is 33.5 Å². The zero-order chi connectivity index (χ0) is 90.6. The summed E-state index contributed by atoms with van der Waals surface area (Å²) in [4.78, 5) is 45.4. The summed E-state index contributed by atoms with van der Waals surface area (Å²) in [6, 6.07) is 161. The minimum atomic E-state index is 0.628. The lowest BCUT2D eigenvalue weighted by Crippen LogP contribution is -2.01. The summed E-state index contributed by atoms with van der Waals surface area (Å²) in [7, 11) is 0. The Labute approximate surface area is 786 Å². The molecule has 0 N–H and O–H groups in total. The zero-order valence-corrected chi connectivity index (χ0v) is 73.7. The van der Waals surface area contributed by atoms with Crippen LogP contribution in [0.5, 0.6) is 0 Å². The van der Waals surface area contributed by atoms with E-state index in [1.165, 1.54) is 16.3 Å². The maximum atomic E-state index is 6.27. The third kappa shape index (κ3) is 15.3. The van der Waals surface area contributed by atoms with Gasteiger partial charge in [-0.15, -0.1) is 0 Å². The fourth-order valence-corrected chi connectivity index (χ4v) is 19.1. The number of para-hydroxylation sites is 3. The summed E-state index contributed by atoms with van der Waals surface area (Å²) >= 11 is 0. The molecule has 0 atom stereocenters. The highest BCUT2D eigenvalue weighted by Crippen LogP contribution is 2.45. The van der Waals surface area contributed by atoms with Gasteiger partial charge in [0, 0.05) is 82.4 Å².